The maximum Gasteiger partial charge on any atom is 0.239 e. The molecule has 0 aromatic rings. The first-order chi connectivity index (χ1) is 6.75. The molecule has 1 aliphatic heterocycles. The van der Waals surface area contributed by atoms with Crippen LogP contribution in [-0.2, 0) is 9.59 Å². The molecule has 2 N–H and O–H groups in total. The summed E-state index contributed by atoms with van der Waals surface area (Å²) in [4.78, 5) is 23.0. The molecule has 2 amide bonds. The molecule has 4 atom stereocenters. The van der Waals surface area contributed by atoms with Crippen LogP contribution >= 0.6 is 0 Å². The second kappa shape index (κ2) is 2.72. The lowest BCUT2D eigenvalue weighted by Gasteiger charge is -2.27. The van der Waals surface area contributed by atoms with Crippen molar-refractivity contribution >= 4 is 11.8 Å². The van der Waals surface area contributed by atoms with E-state index < -0.39 is 0 Å². The Morgan fingerprint density at radius 2 is 1.93 bits per heavy atom. The standard InChI is InChI=1S/C10H14N2O2/c13-7-4-11-10(14)8-5-1-2-6(3-5)9(8)12-7/h5-6,8-9H,1-4H2,(H,11,14)(H,12,13)/t5-,6+,8+,9-/m1/s1. The van der Waals surface area contributed by atoms with Gasteiger partial charge in [0, 0.05) is 6.04 Å². The lowest BCUT2D eigenvalue weighted by molar-refractivity contribution is -0.127. The van der Waals surface area contributed by atoms with E-state index in [1.165, 1.54) is 6.42 Å². The molecule has 2 bridgehead atoms. The van der Waals surface area contributed by atoms with Gasteiger partial charge in [-0.05, 0) is 31.1 Å². The van der Waals surface area contributed by atoms with E-state index in [1.807, 2.05) is 0 Å². The largest absolute Gasteiger partial charge is 0.351 e. The fourth-order valence-corrected chi connectivity index (χ4v) is 3.40. The number of carbonyl (C=O) groups is 2. The van der Waals surface area contributed by atoms with Crippen LogP contribution in [0.3, 0.4) is 0 Å². The SMILES string of the molecule is O=C1CNC(=O)[C@H]2[C@@H]3CC[C@@H](C3)[C@H]2N1. The number of hydrogen-bond acceptors (Lipinski definition) is 2. The zero-order valence-electron chi connectivity index (χ0n) is 7.95. The molecule has 1 heterocycles. The molecule has 4 nitrogen and oxygen atoms in total. The number of rotatable bonds is 0. The smallest absolute Gasteiger partial charge is 0.239 e. The van der Waals surface area contributed by atoms with Crippen LogP contribution in [-0.4, -0.2) is 24.4 Å². The third-order valence-corrected chi connectivity index (χ3v) is 3.97. The van der Waals surface area contributed by atoms with Gasteiger partial charge in [0.1, 0.15) is 0 Å². The minimum absolute atomic E-state index is 0.0293. The predicted molar refractivity (Wildman–Crippen MR) is 49.3 cm³/mol. The lowest BCUT2D eigenvalue weighted by Crippen LogP contribution is -2.44. The van der Waals surface area contributed by atoms with Crippen molar-refractivity contribution in [1.29, 1.82) is 0 Å². The van der Waals surface area contributed by atoms with Gasteiger partial charge in [0.25, 0.3) is 0 Å². The Morgan fingerprint density at radius 1 is 1.14 bits per heavy atom. The molecule has 1 saturated heterocycles. The van der Waals surface area contributed by atoms with Gasteiger partial charge in [0.05, 0.1) is 12.5 Å². The molecule has 0 radical (unpaired) electrons. The van der Waals surface area contributed by atoms with Crippen molar-refractivity contribution < 1.29 is 9.59 Å². The average Bonchev–Trinajstić information content (AvgIpc) is 2.70. The summed E-state index contributed by atoms with van der Waals surface area (Å²) in [5, 5.41) is 5.68. The first kappa shape index (κ1) is 8.26. The molecule has 0 unspecified atom stereocenters. The van der Waals surface area contributed by atoms with E-state index >= 15 is 0 Å². The third kappa shape index (κ3) is 0.996. The minimum Gasteiger partial charge on any atom is -0.351 e. The topological polar surface area (TPSA) is 58.2 Å². The van der Waals surface area contributed by atoms with Crippen LogP contribution in [0.2, 0.25) is 0 Å². The van der Waals surface area contributed by atoms with Crippen molar-refractivity contribution in [3.63, 3.8) is 0 Å². The number of fused-ring (bicyclic) bond motifs is 5. The van der Waals surface area contributed by atoms with E-state index in [1.54, 1.807) is 0 Å². The number of amides is 2. The van der Waals surface area contributed by atoms with Crippen molar-refractivity contribution in [2.45, 2.75) is 25.3 Å². The van der Waals surface area contributed by atoms with Gasteiger partial charge in [-0.1, -0.05) is 0 Å². The second-order valence-electron chi connectivity index (χ2n) is 4.67. The van der Waals surface area contributed by atoms with Crippen LogP contribution in [0.25, 0.3) is 0 Å². The molecule has 0 spiro atoms. The van der Waals surface area contributed by atoms with E-state index in [-0.39, 0.29) is 30.3 Å². The van der Waals surface area contributed by atoms with Crippen molar-refractivity contribution in [3.8, 4) is 0 Å². The van der Waals surface area contributed by atoms with Crippen LogP contribution in [0.15, 0.2) is 0 Å². The van der Waals surface area contributed by atoms with Crippen molar-refractivity contribution in [2.75, 3.05) is 6.54 Å². The zero-order valence-corrected chi connectivity index (χ0v) is 7.95. The molecule has 0 aromatic heterocycles. The van der Waals surface area contributed by atoms with E-state index in [0.29, 0.717) is 11.8 Å². The molecule has 0 aromatic carbocycles. The van der Waals surface area contributed by atoms with Gasteiger partial charge in [-0.25, -0.2) is 0 Å². The maximum absolute atomic E-state index is 11.7. The monoisotopic (exact) mass is 194 g/mol. The van der Waals surface area contributed by atoms with Gasteiger partial charge in [0.15, 0.2) is 0 Å². The second-order valence-corrected chi connectivity index (χ2v) is 4.67. The highest BCUT2D eigenvalue weighted by atomic mass is 16.2. The quantitative estimate of drug-likeness (QED) is 0.553. The Kier molecular flexibility index (Phi) is 1.60. The Labute approximate surface area is 82.4 Å². The summed E-state index contributed by atoms with van der Waals surface area (Å²) in [6.45, 7) is 0.158. The normalized spacial score (nSPS) is 45.4. The van der Waals surface area contributed by atoms with E-state index in [0.717, 1.165) is 12.8 Å². The summed E-state index contributed by atoms with van der Waals surface area (Å²) < 4.78 is 0. The van der Waals surface area contributed by atoms with Gasteiger partial charge in [-0.2, -0.15) is 0 Å². The fourth-order valence-electron chi connectivity index (χ4n) is 3.40. The highest BCUT2D eigenvalue weighted by molar-refractivity contribution is 5.89. The third-order valence-electron chi connectivity index (χ3n) is 3.97. The zero-order chi connectivity index (χ0) is 9.71. The van der Waals surface area contributed by atoms with Crippen molar-refractivity contribution in [2.24, 2.45) is 17.8 Å². The lowest BCUT2D eigenvalue weighted by atomic mass is 9.84. The molecular weight excluding hydrogens is 180 g/mol. The summed E-state index contributed by atoms with van der Waals surface area (Å²) in [5.74, 6) is 1.18. The van der Waals surface area contributed by atoms with Crippen LogP contribution < -0.4 is 10.6 Å². The van der Waals surface area contributed by atoms with Gasteiger partial charge >= 0.3 is 0 Å². The van der Waals surface area contributed by atoms with Crippen LogP contribution in [0, 0.1) is 17.8 Å². The molecule has 4 heteroatoms. The van der Waals surface area contributed by atoms with E-state index in [2.05, 4.69) is 10.6 Å². The molecular formula is C10H14N2O2. The highest BCUT2D eigenvalue weighted by Crippen LogP contribution is 2.48. The fraction of sp³-hybridized carbons (Fsp3) is 0.800. The molecule has 3 aliphatic rings. The Bertz CT molecular complexity index is 302. The maximum atomic E-state index is 11.7. The number of hydrogen-bond donors (Lipinski definition) is 2. The van der Waals surface area contributed by atoms with Crippen LogP contribution in [0.4, 0.5) is 0 Å². The molecule has 3 rings (SSSR count). The van der Waals surface area contributed by atoms with E-state index in [9.17, 15) is 9.59 Å². The molecule has 2 aliphatic carbocycles. The Balaban J connectivity index is 1.92. The highest BCUT2D eigenvalue weighted by Gasteiger charge is 2.52. The molecule has 14 heavy (non-hydrogen) atoms. The van der Waals surface area contributed by atoms with Crippen LogP contribution in [0.5, 0.6) is 0 Å². The Morgan fingerprint density at radius 3 is 2.79 bits per heavy atom. The van der Waals surface area contributed by atoms with Gasteiger partial charge in [0.2, 0.25) is 11.8 Å². The van der Waals surface area contributed by atoms with Gasteiger partial charge in [-0.15, -0.1) is 0 Å². The average molecular weight is 194 g/mol. The number of nitrogens with one attached hydrogen (secondary N) is 2. The molecule has 76 valence electrons. The molecule has 3 fully saturated rings. The summed E-state index contributed by atoms with van der Waals surface area (Å²) in [5.41, 5.74) is 0. The summed E-state index contributed by atoms with van der Waals surface area (Å²) in [6, 6.07) is 0.128. The molecule has 2 saturated carbocycles. The van der Waals surface area contributed by atoms with Gasteiger partial charge in [-0.3, -0.25) is 9.59 Å². The summed E-state index contributed by atoms with van der Waals surface area (Å²) in [7, 11) is 0. The predicted octanol–water partition coefficient (Wildman–Crippen LogP) is -0.353. The van der Waals surface area contributed by atoms with Gasteiger partial charge < -0.3 is 10.6 Å². The van der Waals surface area contributed by atoms with Crippen molar-refractivity contribution in [3.05, 3.63) is 0 Å². The van der Waals surface area contributed by atoms with Crippen LogP contribution in [0.1, 0.15) is 19.3 Å². The van der Waals surface area contributed by atoms with Crippen molar-refractivity contribution in [1.82, 2.24) is 10.6 Å². The first-order valence-electron chi connectivity index (χ1n) is 5.33. The first-order valence-corrected chi connectivity index (χ1v) is 5.33. The summed E-state index contributed by atoms with van der Waals surface area (Å²) in [6.07, 6.45) is 3.47. The Hall–Kier alpha value is -1.06. The minimum atomic E-state index is -0.0293. The summed E-state index contributed by atoms with van der Waals surface area (Å²) >= 11 is 0. The van der Waals surface area contributed by atoms with E-state index in [4.69, 9.17) is 0 Å². The number of carbonyl (C=O) groups excluding carboxylic acids is 2.